The maximum absolute atomic E-state index is 5.35. The molecule has 0 spiro atoms. The predicted molar refractivity (Wildman–Crippen MR) is 73.1 cm³/mol. The van der Waals surface area contributed by atoms with E-state index >= 15 is 0 Å². The molecule has 0 bridgehead atoms. The Balaban J connectivity index is -0.000000185. The van der Waals surface area contributed by atoms with Crippen LogP contribution in [-0.4, -0.2) is 25.5 Å². The molecule has 2 N–H and O–H groups in total. The molecule has 0 aliphatic heterocycles. The molecule has 1 aromatic rings. The van der Waals surface area contributed by atoms with Gasteiger partial charge in [0.05, 0.1) is 0 Å². The normalized spacial score (nSPS) is 8.07. The first-order valence-corrected chi connectivity index (χ1v) is 4.59. The van der Waals surface area contributed by atoms with E-state index in [1.165, 1.54) is 5.56 Å². The molecule has 0 radical (unpaired) electrons. The van der Waals surface area contributed by atoms with E-state index in [0.29, 0.717) is 6.54 Å². The summed E-state index contributed by atoms with van der Waals surface area (Å²) in [6, 6.07) is 9.99. The summed E-state index contributed by atoms with van der Waals surface area (Å²) in [5.41, 5.74) is 6.54. The third-order valence-corrected chi connectivity index (χ3v) is 1.71. The van der Waals surface area contributed by atoms with E-state index in [1.54, 1.807) is 0 Å². The summed E-state index contributed by atoms with van der Waals surface area (Å²) in [5, 5.41) is 0. The van der Waals surface area contributed by atoms with Crippen LogP contribution < -0.4 is 5.73 Å². The predicted octanol–water partition coefficient (Wildman–Crippen LogP) is 2.56. The molecular formula is C11H22Cl2N2. The van der Waals surface area contributed by atoms with Gasteiger partial charge in [-0.05, 0) is 26.2 Å². The van der Waals surface area contributed by atoms with Crippen LogP contribution in [0.1, 0.15) is 12.5 Å². The molecule has 0 fully saturated rings. The number of hydrogen-bond acceptors (Lipinski definition) is 2. The summed E-state index contributed by atoms with van der Waals surface area (Å²) in [7, 11) is 4.11. The van der Waals surface area contributed by atoms with Crippen molar-refractivity contribution in [2.45, 2.75) is 13.5 Å². The molecule has 0 aliphatic rings. The average Bonchev–Trinajstić information content (AvgIpc) is 2.20. The summed E-state index contributed by atoms with van der Waals surface area (Å²) >= 11 is 0. The first kappa shape index (κ1) is 20.2. The molecule has 4 heteroatoms. The van der Waals surface area contributed by atoms with Gasteiger partial charge in [0.1, 0.15) is 0 Å². The highest BCUT2D eigenvalue weighted by Gasteiger charge is 1.80. The molecule has 0 aliphatic carbocycles. The molecule has 90 valence electrons. The van der Waals surface area contributed by atoms with Crippen molar-refractivity contribution in [3.8, 4) is 0 Å². The molecular weight excluding hydrogens is 231 g/mol. The fourth-order valence-corrected chi connectivity index (χ4v) is 0.614. The van der Waals surface area contributed by atoms with Crippen LogP contribution in [0.4, 0.5) is 0 Å². The Morgan fingerprint density at radius 3 is 1.67 bits per heavy atom. The Morgan fingerprint density at radius 1 is 1.07 bits per heavy atom. The average molecular weight is 253 g/mol. The van der Waals surface area contributed by atoms with Crippen LogP contribution in [0.2, 0.25) is 0 Å². The highest BCUT2D eigenvalue weighted by molar-refractivity contribution is 5.85. The van der Waals surface area contributed by atoms with E-state index in [1.807, 2.05) is 30.3 Å². The van der Waals surface area contributed by atoms with Crippen LogP contribution in [0.25, 0.3) is 0 Å². The fourth-order valence-electron chi connectivity index (χ4n) is 0.614. The topological polar surface area (TPSA) is 29.3 Å². The molecule has 2 nitrogen and oxygen atoms in total. The second-order valence-corrected chi connectivity index (χ2v) is 3.09. The van der Waals surface area contributed by atoms with Gasteiger partial charge in [0.15, 0.2) is 0 Å². The van der Waals surface area contributed by atoms with Gasteiger partial charge in [0.25, 0.3) is 0 Å². The van der Waals surface area contributed by atoms with Gasteiger partial charge in [0, 0.05) is 6.54 Å². The highest BCUT2D eigenvalue weighted by atomic mass is 35.5. The smallest absolute Gasteiger partial charge is 0.0178 e. The zero-order valence-corrected chi connectivity index (χ0v) is 11.3. The number of benzene rings is 1. The molecule has 0 heterocycles. The number of nitrogens with two attached hydrogens (primary N) is 1. The first-order valence-electron chi connectivity index (χ1n) is 4.59. The summed E-state index contributed by atoms with van der Waals surface area (Å²) in [6.07, 6.45) is 0. The van der Waals surface area contributed by atoms with Crippen molar-refractivity contribution in [3.05, 3.63) is 35.9 Å². The summed E-state index contributed by atoms with van der Waals surface area (Å²) in [6.45, 7) is 3.90. The molecule has 0 aromatic heterocycles. The highest BCUT2D eigenvalue weighted by Crippen LogP contribution is 1.94. The van der Waals surface area contributed by atoms with Crippen LogP contribution in [-0.2, 0) is 6.54 Å². The summed E-state index contributed by atoms with van der Waals surface area (Å²) in [5.74, 6) is 0. The van der Waals surface area contributed by atoms with E-state index in [-0.39, 0.29) is 24.8 Å². The summed E-state index contributed by atoms with van der Waals surface area (Å²) in [4.78, 5) is 2.12. The van der Waals surface area contributed by atoms with Crippen molar-refractivity contribution >= 4 is 24.8 Å². The number of nitrogens with zero attached hydrogens (tertiary/aromatic N) is 1. The number of rotatable bonds is 2. The van der Waals surface area contributed by atoms with Crippen molar-refractivity contribution < 1.29 is 0 Å². The van der Waals surface area contributed by atoms with Crippen LogP contribution >= 0.6 is 24.8 Å². The monoisotopic (exact) mass is 252 g/mol. The van der Waals surface area contributed by atoms with Gasteiger partial charge in [-0.25, -0.2) is 0 Å². The van der Waals surface area contributed by atoms with Crippen molar-refractivity contribution in [3.63, 3.8) is 0 Å². The first-order chi connectivity index (χ1) is 6.20. The number of halogens is 2. The minimum Gasteiger partial charge on any atom is -0.326 e. The molecule has 0 saturated heterocycles. The Labute approximate surface area is 106 Å². The molecule has 0 amide bonds. The lowest BCUT2D eigenvalue weighted by atomic mass is 10.2. The van der Waals surface area contributed by atoms with E-state index in [4.69, 9.17) is 5.73 Å². The Bertz CT molecular complexity index is 203. The molecule has 0 atom stereocenters. The van der Waals surface area contributed by atoms with E-state index < -0.39 is 0 Å². The van der Waals surface area contributed by atoms with Crippen molar-refractivity contribution in [2.24, 2.45) is 5.73 Å². The largest absolute Gasteiger partial charge is 0.326 e. The third kappa shape index (κ3) is 13.7. The quantitative estimate of drug-likeness (QED) is 0.877. The minimum absolute atomic E-state index is 0. The van der Waals surface area contributed by atoms with Crippen molar-refractivity contribution in [1.29, 1.82) is 0 Å². The number of hydrogen-bond donors (Lipinski definition) is 1. The maximum Gasteiger partial charge on any atom is 0.0178 e. The zero-order chi connectivity index (χ0) is 10.1. The molecule has 15 heavy (non-hydrogen) atoms. The standard InChI is InChI=1S/C7H9N.C4H11N.2ClH/c8-6-7-4-2-1-3-5-7;1-4-5(2)3;;/h1-5H,6,8H2;4H2,1-3H3;2*1H. The van der Waals surface area contributed by atoms with E-state index in [0.717, 1.165) is 6.54 Å². The molecule has 1 aromatic carbocycles. The lowest BCUT2D eigenvalue weighted by Crippen LogP contribution is -2.08. The second-order valence-electron chi connectivity index (χ2n) is 3.09. The lowest BCUT2D eigenvalue weighted by Gasteiger charge is -2.00. The van der Waals surface area contributed by atoms with Crippen LogP contribution in [0.15, 0.2) is 30.3 Å². The van der Waals surface area contributed by atoms with E-state index in [2.05, 4.69) is 25.9 Å². The van der Waals surface area contributed by atoms with Gasteiger partial charge >= 0.3 is 0 Å². The van der Waals surface area contributed by atoms with Gasteiger partial charge in [-0.1, -0.05) is 37.3 Å². The van der Waals surface area contributed by atoms with Crippen LogP contribution in [0.3, 0.4) is 0 Å². The van der Waals surface area contributed by atoms with Gasteiger partial charge in [-0.15, -0.1) is 24.8 Å². The molecule has 1 rings (SSSR count). The van der Waals surface area contributed by atoms with Crippen LogP contribution in [0.5, 0.6) is 0 Å². The van der Waals surface area contributed by atoms with Gasteiger partial charge in [-0.3, -0.25) is 0 Å². The van der Waals surface area contributed by atoms with Gasteiger partial charge < -0.3 is 10.6 Å². The Hall–Kier alpha value is -0.280. The van der Waals surface area contributed by atoms with Crippen molar-refractivity contribution in [2.75, 3.05) is 20.6 Å². The van der Waals surface area contributed by atoms with E-state index in [9.17, 15) is 0 Å². The minimum atomic E-state index is 0. The fraction of sp³-hybridized carbons (Fsp3) is 0.455. The van der Waals surface area contributed by atoms with Gasteiger partial charge in [0.2, 0.25) is 0 Å². The Kier molecular flexibility index (Phi) is 18.5. The van der Waals surface area contributed by atoms with Gasteiger partial charge in [-0.2, -0.15) is 0 Å². The molecule has 0 saturated carbocycles. The lowest BCUT2D eigenvalue weighted by molar-refractivity contribution is 0.434. The zero-order valence-electron chi connectivity index (χ0n) is 9.64. The Morgan fingerprint density at radius 2 is 1.47 bits per heavy atom. The molecule has 0 unspecified atom stereocenters. The third-order valence-electron chi connectivity index (χ3n) is 1.71. The van der Waals surface area contributed by atoms with Crippen molar-refractivity contribution in [1.82, 2.24) is 4.90 Å². The second kappa shape index (κ2) is 13.7. The van der Waals surface area contributed by atoms with Crippen LogP contribution in [0, 0.1) is 0 Å². The summed E-state index contributed by atoms with van der Waals surface area (Å²) < 4.78 is 0. The maximum atomic E-state index is 5.35. The SMILES string of the molecule is CCN(C)C.Cl.Cl.NCc1ccccc1.